The van der Waals surface area contributed by atoms with Gasteiger partial charge in [0.1, 0.15) is 11.6 Å². The zero-order valence-corrected chi connectivity index (χ0v) is 17.7. The first-order chi connectivity index (χ1) is 13.0. The van der Waals surface area contributed by atoms with Gasteiger partial charge in [-0.25, -0.2) is 0 Å². The highest BCUT2D eigenvalue weighted by atomic mass is 35.5. The summed E-state index contributed by atoms with van der Waals surface area (Å²) in [5.74, 6) is 1.29. The molecule has 1 heterocycles. The molecular weight excluding hydrogens is 403 g/mol. The first-order valence-electron chi connectivity index (χ1n) is 8.70. The summed E-state index contributed by atoms with van der Waals surface area (Å²) in [5, 5.41) is 1.18. The van der Waals surface area contributed by atoms with Crippen LogP contribution < -0.4 is 9.47 Å². The van der Waals surface area contributed by atoms with E-state index in [1.165, 1.54) is 0 Å². The first-order valence-corrected chi connectivity index (χ1v) is 9.87. The Morgan fingerprint density at radius 2 is 1.78 bits per heavy atom. The van der Waals surface area contributed by atoms with Gasteiger partial charge in [-0.15, -0.1) is 0 Å². The van der Waals surface area contributed by atoms with Crippen molar-refractivity contribution >= 4 is 40.4 Å². The fraction of sp³-hybridized carbons (Fsp3) is 0.350. The average Bonchev–Trinajstić information content (AvgIpc) is 2.67. The largest absolute Gasteiger partial charge is 0.493 e. The van der Waals surface area contributed by atoms with Gasteiger partial charge in [-0.2, -0.15) is 0 Å². The van der Waals surface area contributed by atoms with Gasteiger partial charge in [0.15, 0.2) is 11.5 Å². The number of hydrogen-bond acceptors (Lipinski definition) is 4. The number of likely N-dealkylation sites (N-methyl/N-ethyl adjacent to an activating group) is 1. The molecule has 0 N–H and O–H groups in total. The van der Waals surface area contributed by atoms with E-state index in [0.29, 0.717) is 28.2 Å². The Bertz CT molecular complexity index is 824. The van der Waals surface area contributed by atoms with Crippen molar-refractivity contribution in [3.63, 3.8) is 0 Å². The Kier molecular flexibility index (Phi) is 6.82. The molecule has 1 aliphatic heterocycles. The summed E-state index contributed by atoms with van der Waals surface area (Å²) in [6.07, 6.45) is 0. The van der Waals surface area contributed by atoms with Gasteiger partial charge in [0.2, 0.25) is 0 Å². The van der Waals surface area contributed by atoms with Crippen molar-refractivity contribution < 1.29 is 9.47 Å². The fourth-order valence-electron chi connectivity index (χ4n) is 2.91. The van der Waals surface area contributed by atoms with Crippen LogP contribution in [-0.4, -0.2) is 55.1 Å². The fourth-order valence-corrected chi connectivity index (χ4v) is 3.68. The molecule has 2 aromatic rings. The molecule has 1 fully saturated rings. The Labute approximate surface area is 175 Å². The van der Waals surface area contributed by atoms with Crippen LogP contribution in [0, 0.1) is 0 Å². The maximum Gasteiger partial charge on any atom is 0.161 e. The summed E-state index contributed by atoms with van der Waals surface area (Å²) >= 11 is 17.8. The van der Waals surface area contributed by atoms with Crippen LogP contribution in [0.25, 0.3) is 0 Å². The van der Waals surface area contributed by atoms with E-state index in [0.717, 1.165) is 42.3 Å². The number of benzene rings is 2. The standard InChI is InChI=1S/C20H22Cl2N2O2S/c1-23-7-9-24(10-8-23)20(27)14-4-6-18(19(11-14)25-2)26-13-15-3-5-16(21)12-17(15)22/h3-6,11-12H,7-10,13H2,1-2H3. The summed E-state index contributed by atoms with van der Waals surface area (Å²) in [7, 11) is 3.75. The van der Waals surface area contributed by atoms with Gasteiger partial charge in [-0.3, -0.25) is 0 Å². The predicted octanol–water partition coefficient (Wildman–Crippen LogP) is 4.50. The molecule has 4 nitrogen and oxygen atoms in total. The van der Waals surface area contributed by atoms with Crippen molar-refractivity contribution in [2.75, 3.05) is 40.3 Å². The molecule has 0 saturated carbocycles. The minimum Gasteiger partial charge on any atom is -0.493 e. The quantitative estimate of drug-likeness (QED) is 0.657. The summed E-state index contributed by atoms with van der Waals surface area (Å²) in [5.41, 5.74) is 1.82. The highest BCUT2D eigenvalue weighted by molar-refractivity contribution is 7.80. The summed E-state index contributed by atoms with van der Waals surface area (Å²) in [4.78, 5) is 5.38. The molecule has 2 aromatic carbocycles. The van der Waals surface area contributed by atoms with Gasteiger partial charge in [-0.05, 0) is 37.4 Å². The Morgan fingerprint density at radius 1 is 1.04 bits per heavy atom. The summed E-state index contributed by atoms with van der Waals surface area (Å²) in [6.45, 7) is 4.23. The van der Waals surface area contributed by atoms with E-state index in [2.05, 4.69) is 16.8 Å². The highest BCUT2D eigenvalue weighted by Gasteiger charge is 2.19. The zero-order chi connectivity index (χ0) is 19.4. The summed E-state index contributed by atoms with van der Waals surface area (Å²) < 4.78 is 11.4. The van der Waals surface area contributed by atoms with E-state index in [1.807, 2.05) is 24.3 Å². The molecule has 1 saturated heterocycles. The van der Waals surface area contributed by atoms with E-state index in [4.69, 9.17) is 44.9 Å². The maximum atomic E-state index is 6.21. The molecule has 0 bridgehead atoms. The molecule has 1 aliphatic rings. The van der Waals surface area contributed by atoms with Gasteiger partial charge in [0, 0.05) is 47.4 Å². The van der Waals surface area contributed by atoms with E-state index in [1.54, 1.807) is 19.2 Å². The van der Waals surface area contributed by atoms with E-state index in [-0.39, 0.29) is 0 Å². The molecule has 27 heavy (non-hydrogen) atoms. The number of thiocarbonyl (C=S) groups is 1. The minimum atomic E-state index is 0.328. The van der Waals surface area contributed by atoms with E-state index < -0.39 is 0 Å². The second-order valence-corrected chi connectivity index (χ2v) is 7.72. The van der Waals surface area contributed by atoms with Gasteiger partial charge in [-0.1, -0.05) is 41.5 Å². The smallest absolute Gasteiger partial charge is 0.161 e. The lowest BCUT2D eigenvalue weighted by Gasteiger charge is -2.34. The molecule has 0 aromatic heterocycles. The van der Waals surface area contributed by atoms with Crippen molar-refractivity contribution in [1.82, 2.24) is 9.80 Å². The highest BCUT2D eigenvalue weighted by Crippen LogP contribution is 2.31. The van der Waals surface area contributed by atoms with Crippen molar-refractivity contribution in [2.45, 2.75) is 6.61 Å². The van der Waals surface area contributed by atoms with Crippen molar-refractivity contribution in [3.8, 4) is 11.5 Å². The zero-order valence-electron chi connectivity index (χ0n) is 15.4. The molecule has 0 aliphatic carbocycles. The number of piperazine rings is 1. The molecule has 0 amide bonds. The molecule has 0 atom stereocenters. The number of hydrogen-bond donors (Lipinski definition) is 0. The van der Waals surface area contributed by atoms with Gasteiger partial charge in [0.05, 0.1) is 7.11 Å². The SMILES string of the molecule is COc1cc(C(=S)N2CCN(C)CC2)ccc1OCc1ccc(Cl)cc1Cl. The normalized spacial score (nSPS) is 14.9. The second kappa shape index (κ2) is 9.11. The Morgan fingerprint density at radius 3 is 2.44 bits per heavy atom. The van der Waals surface area contributed by atoms with Crippen molar-refractivity contribution in [1.29, 1.82) is 0 Å². The molecule has 144 valence electrons. The number of methoxy groups -OCH3 is 1. The van der Waals surface area contributed by atoms with E-state index >= 15 is 0 Å². The van der Waals surface area contributed by atoms with Gasteiger partial charge < -0.3 is 19.3 Å². The third kappa shape index (κ3) is 5.05. The molecule has 0 unspecified atom stereocenters. The third-order valence-electron chi connectivity index (χ3n) is 4.60. The molecular formula is C20H22Cl2N2O2S. The van der Waals surface area contributed by atoms with Gasteiger partial charge >= 0.3 is 0 Å². The lowest BCUT2D eigenvalue weighted by atomic mass is 10.1. The third-order valence-corrected chi connectivity index (χ3v) is 5.68. The van der Waals surface area contributed by atoms with Crippen LogP contribution in [0.1, 0.15) is 11.1 Å². The van der Waals surface area contributed by atoms with Crippen molar-refractivity contribution in [2.24, 2.45) is 0 Å². The lowest BCUT2D eigenvalue weighted by molar-refractivity contribution is 0.218. The topological polar surface area (TPSA) is 24.9 Å². The number of rotatable bonds is 5. The van der Waals surface area contributed by atoms with Crippen LogP contribution >= 0.6 is 35.4 Å². The van der Waals surface area contributed by atoms with Crippen LogP contribution in [0.4, 0.5) is 0 Å². The van der Waals surface area contributed by atoms with Crippen LogP contribution in [0.3, 0.4) is 0 Å². The maximum absolute atomic E-state index is 6.21. The second-order valence-electron chi connectivity index (χ2n) is 6.49. The monoisotopic (exact) mass is 424 g/mol. The minimum absolute atomic E-state index is 0.328. The molecule has 3 rings (SSSR count). The summed E-state index contributed by atoms with van der Waals surface area (Å²) in [6, 6.07) is 11.1. The molecule has 0 radical (unpaired) electrons. The molecule has 0 spiro atoms. The number of halogens is 2. The van der Waals surface area contributed by atoms with Crippen LogP contribution in [0.5, 0.6) is 11.5 Å². The first kappa shape index (κ1) is 20.2. The Hall–Kier alpha value is -1.53. The van der Waals surface area contributed by atoms with E-state index in [9.17, 15) is 0 Å². The Balaban J connectivity index is 1.71. The average molecular weight is 425 g/mol. The van der Waals surface area contributed by atoms with Crippen LogP contribution in [-0.2, 0) is 6.61 Å². The van der Waals surface area contributed by atoms with Crippen LogP contribution in [0.2, 0.25) is 10.0 Å². The predicted molar refractivity (Wildman–Crippen MR) is 115 cm³/mol. The lowest BCUT2D eigenvalue weighted by Crippen LogP contribution is -2.46. The van der Waals surface area contributed by atoms with Crippen molar-refractivity contribution in [3.05, 3.63) is 57.6 Å². The number of ether oxygens (including phenoxy) is 2. The van der Waals surface area contributed by atoms with Gasteiger partial charge in [0.25, 0.3) is 0 Å². The van der Waals surface area contributed by atoms with Crippen LogP contribution in [0.15, 0.2) is 36.4 Å². The number of nitrogens with zero attached hydrogens (tertiary/aromatic N) is 2. The molecule has 7 heteroatoms.